The number of amides is 4. The lowest BCUT2D eigenvalue weighted by atomic mass is 9.78. The van der Waals surface area contributed by atoms with Crippen molar-refractivity contribution < 1.29 is 46.6 Å². The molecule has 38 heavy (non-hydrogen) atoms. The summed E-state index contributed by atoms with van der Waals surface area (Å²) < 4.78 is 46.8. The van der Waals surface area contributed by atoms with Crippen LogP contribution in [0.1, 0.15) is 52.9 Å². The molecule has 0 aromatic carbocycles. The summed E-state index contributed by atoms with van der Waals surface area (Å²) in [5.74, 6) is -4.70. The second-order valence-electron chi connectivity index (χ2n) is 11.2. The average molecular weight is 549 g/mol. The van der Waals surface area contributed by atoms with Crippen LogP contribution in [0.25, 0.3) is 0 Å². The lowest BCUT2D eigenvalue weighted by Crippen LogP contribution is -2.55. The van der Waals surface area contributed by atoms with E-state index in [9.17, 15) is 37.1 Å². The zero-order valence-corrected chi connectivity index (χ0v) is 21.7. The lowest BCUT2D eigenvalue weighted by molar-refractivity contribution is -0.321. The highest BCUT2D eigenvalue weighted by molar-refractivity contribution is 6.35. The van der Waals surface area contributed by atoms with Gasteiger partial charge in [0.25, 0.3) is 0 Å². The van der Waals surface area contributed by atoms with Gasteiger partial charge in [-0.3, -0.25) is 28.7 Å². The monoisotopic (exact) mass is 548 g/mol. The Morgan fingerprint density at radius 3 is 2.39 bits per heavy atom. The van der Waals surface area contributed by atoms with E-state index in [4.69, 9.17) is 4.74 Å². The molecule has 4 amide bonds. The second-order valence-corrected chi connectivity index (χ2v) is 11.2. The Morgan fingerprint density at radius 1 is 1.18 bits per heavy atom. The number of likely N-dealkylation sites (tertiary alicyclic amines) is 1. The molecule has 3 heterocycles. The smallest absolute Gasteiger partial charge is 0.381 e. The molecule has 0 aromatic rings. The molecule has 3 rings (SSSR count). The van der Waals surface area contributed by atoms with Crippen molar-refractivity contribution in [3.63, 3.8) is 0 Å². The van der Waals surface area contributed by atoms with Crippen molar-refractivity contribution in [2.24, 2.45) is 11.3 Å². The van der Waals surface area contributed by atoms with Crippen molar-refractivity contribution in [2.75, 3.05) is 32.9 Å². The number of Topliss-reactive ketones (excluding diaryl/α,β-unsaturated/α-hetero) is 1. The van der Waals surface area contributed by atoms with E-state index in [1.807, 2.05) is 0 Å². The quantitative estimate of drug-likeness (QED) is 0.391. The molecular formula is C24H35F3N4O7. The van der Waals surface area contributed by atoms with Crippen LogP contribution in [-0.2, 0) is 33.4 Å². The maximum Gasteiger partial charge on any atom is 0.522 e. The zero-order valence-electron chi connectivity index (χ0n) is 21.7. The van der Waals surface area contributed by atoms with Crippen LogP contribution in [0.3, 0.4) is 0 Å². The molecule has 0 radical (unpaired) electrons. The van der Waals surface area contributed by atoms with Crippen molar-refractivity contribution in [3.05, 3.63) is 0 Å². The number of ether oxygens (including phenoxy) is 2. The van der Waals surface area contributed by atoms with E-state index in [2.05, 4.69) is 20.7 Å². The summed E-state index contributed by atoms with van der Waals surface area (Å²) in [5.41, 5.74) is -1.19. The fraction of sp³-hybridized carbons (Fsp3) is 0.792. The number of rotatable bonds is 7. The predicted molar refractivity (Wildman–Crippen MR) is 125 cm³/mol. The van der Waals surface area contributed by atoms with Gasteiger partial charge in [-0.2, -0.15) is 0 Å². The minimum atomic E-state index is -5.06. The number of alkyl halides is 3. The van der Waals surface area contributed by atoms with Crippen molar-refractivity contribution in [3.8, 4) is 0 Å². The summed E-state index contributed by atoms with van der Waals surface area (Å²) in [6.07, 6.45) is -3.64. The van der Waals surface area contributed by atoms with Crippen LogP contribution in [0, 0.1) is 11.3 Å². The lowest BCUT2D eigenvalue weighted by Gasteiger charge is -2.33. The summed E-state index contributed by atoms with van der Waals surface area (Å²) in [4.78, 5) is 65.2. The first-order valence-electron chi connectivity index (χ1n) is 12.6. The molecule has 3 atom stereocenters. The van der Waals surface area contributed by atoms with Crippen molar-refractivity contribution >= 4 is 29.4 Å². The minimum Gasteiger partial charge on any atom is -0.381 e. The number of carbonyl (C=O) groups is 5. The van der Waals surface area contributed by atoms with Gasteiger partial charge in [0, 0.05) is 37.8 Å². The summed E-state index contributed by atoms with van der Waals surface area (Å²) >= 11 is 0. The van der Waals surface area contributed by atoms with Gasteiger partial charge in [0.1, 0.15) is 12.6 Å². The molecule has 1 spiro atoms. The Morgan fingerprint density at radius 2 is 1.84 bits per heavy atom. The molecule has 3 saturated heterocycles. The topological polar surface area (TPSA) is 143 Å². The molecule has 3 N–H and O–H groups in total. The SMILES string of the molecule is CC(C)(C)NC(=O)C(=O)N1CC2(CCOCC2)CC1C(=O)N[C@@H](C[C@@H]1CCNC1=O)C(=O)COC(F)(F)F. The average Bonchev–Trinajstić information content (AvgIpc) is 3.38. The molecule has 14 heteroatoms. The Balaban J connectivity index is 1.81. The van der Waals surface area contributed by atoms with Gasteiger partial charge in [-0.25, -0.2) is 0 Å². The summed E-state index contributed by atoms with van der Waals surface area (Å²) in [7, 11) is 0. The van der Waals surface area contributed by atoms with E-state index in [0.29, 0.717) is 39.0 Å². The molecule has 0 aliphatic carbocycles. The number of carbonyl (C=O) groups excluding carboxylic acids is 5. The van der Waals surface area contributed by atoms with E-state index in [1.54, 1.807) is 20.8 Å². The van der Waals surface area contributed by atoms with Crippen LogP contribution in [0.15, 0.2) is 0 Å². The van der Waals surface area contributed by atoms with Gasteiger partial charge in [0.15, 0.2) is 5.78 Å². The first-order chi connectivity index (χ1) is 17.6. The molecule has 11 nitrogen and oxygen atoms in total. The van der Waals surface area contributed by atoms with E-state index in [-0.39, 0.29) is 25.3 Å². The predicted octanol–water partition coefficient (Wildman–Crippen LogP) is 0.415. The highest BCUT2D eigenvalue weighted by atomic mass is 19.4. The van der Waals surface area contributed by atoms with Crippen molar-refractivity contribution in [1.29, 1.82) is 0 Å². The maximum absolute atomic E-state index is 13.5. The van der Waals surface area contributed by atoms with Crippen LogP contribution in [0.2, 0.25) is 0 Å². The van der Waals surface area contributed by atoms with Gasteiger partial charge in [-0.15, -0.1) is 13.2 Å². The van der Waals surface area contributed by atoms with E-state index in [0.717, 1.165) is 4.90 Å². The summed E-state index contributed by atoms with van der Waals surface area (Å²) in [6.45, 7) is 5.04. The van der Waals surface area contributed by atoms with Gasteiger partial charge < -0.3 is 25.6 Å². The highest BCUT2D eigenvalue weighted by Gasteiger charge is 2.51. The molecule has 0 bridgehead atoms. The Hall–Kier alpha value is -2.74. The Kier molecular flexibility index (Phi) is 9.07. The fourth-order valence-corrected chi connectivity index (χ4v) is 5.14. The third-order valence-electron chi connectivity index (χ3n) is 7.07. The van der Waals surface area contributed by atoms with Gasteiger partial charge in [-0.05, 0) is 58.3 Å². The first-order valence-corrected chi connectivity index (χ1v) is 12.6. The molecule has 1 unspecified atom stereocenters. The Labute approximate surface area is 218 Å². The maximum atomic E-state index is 13.5. The third kappa shape index (κ3) is 7.88. The largest absolute Gasteiger partial charge is 0.522 e. The van der Waals surface area contributed by atoms with Gasteiger partial charge in [-0.1, -0.05) is 0 Å². The summed E-state index contributed by atoms with van der Waals surface area (Å²) in [6, 6.07) is -2.59. The van der Waals surface area contributed by atoms with Gasteiger partial charge in [0.05, 0.1) is 6.04 Å². The molecule has 3 aliphatic heterocycles. The second kappa shape index (κ2) is 11.6. The van der Waals surface area contributed by atoms with E-state index >= 15 is 0 Å². The van der Waals surface area contributed by atoms with Crippen molar-refractivity contribution in [1.82, 2.24) is 20.9 Å². The zero-order chi connectivity index (χ0) is 28.3. The number of nitrogens with zero attached hydrogens (tertiary/aromatic N) is 1. The number of ketones is 1. The molecule has 0 aromatic heterocycles. The number of hydrogen-bond acceptors (Lipinski definition) is 7. The molecule has 0 saturated carbocycles. The summed E-state index contributed by atoms with van der Waals surface area (Å²) in [5, 5.41) is 7.63. The molecule has 3 fully saturated rings. The number of hydrogen-bond donors (Lipinski definition) is 3. The molecule has 214 valence electrons. The number of nitrogens with one attached hydrogen (secondary N) is 3. The third-order valence-corrected chi connectivity index (χ3v) is 7.07. The van der Waals surface area contributed by atoms with E-state index in [1.165, 1.54) is 0 Å². The van der Waals surface area contributed by atoms with Gasteiger partial charge in [0.2, 0.25) is 11.8 Å². The van der Waals surface area contributed by atoms with Crippen LogP contribution < -0.4 is 16.0 Å². The van der Waals surface area contributed by atoms with Crippen LogP contribution in [0.5, 0.6) is 0 Å². The van der Waals surface area contributed by atoms with Crippen molar-refractivity contribution in [2.45, 2.75) is 76.9 Å². The minimum absolute atomic E-state index is 0.117. The fourth-order valence-electron chi connectivity index (χ4n) is 5.14. The highest BCUT2D eigenvalue weighted by Crippen LogP contribution is 2.43. The molecule has 3 aliphatic rings. The standard InChI is InChI=1S/C24H35F3N4O7/c1-22(2,3)30-20(35)21(36)31-13-23(5-8-37-9-6-23)11-16(31)19(34)29-15(10-14-4-7-28-18(14)33)17(32)12-38-24(25,26)27/h14-16H,4-13H2,1-3H3,(H,28,33)(H,29,34)(H,30,35)/t14-,15-,16?/m0/s1. The Bertz CT molecular complexity index is 944. The van der Waals surface area contributed by atoms with Crippen LogP contribution in [0.4, 0.5) is 13.2 Å². The number of halogens is 3. The normalized spacial score (nSPS) is 24.2. The van der Waals surface area contributed by atoms with Gasteiger partial charge >= 0.3 is 18.2 Å². The van der Waals surface area contributed by atoms with Crippen LogP contribution >= 0.6 is 0 Å². The first kappa shape index (κ1) is 29.8. The van der Waals surface area contributed by atoms with E-state index < -0.39 is 65.4 Å². The van der Waals surface area contributed by atoms with Crippen LogP contribution in [-0.4, -0.2) is 91.2 Å². The molecular weight excluding hydrogens is 513 g/mol.